The maximum Gasteiger partial charge on any atom is 0.218 e. The van der Waals surface area contributed by atoms with Gasteiger partial charge in [-0.3, -0.25) is 0 Å². The summed E-state index contributed by atoms with van der Waals surface area (Å²) < 4.78 is 5.65. The zero-order valence-corrected chi connectivity index (χ0v) is 11.4. The highest BCUT2D eigenvalue weighted by molar-refractivity contribution is 6.29. The number of nitrogens with zero attached hydrogens (tertiary/aromatic N) is 2. The van der Waals surface area contributed by atoms with Crippen LogP contribution in [-0.2, 0) is 0 Å². The van der Waals surface area contributed by atoms with Gasteiger partial charge in [-0.2, -0.15) is 4.98 Å². The number of hydrogen-bond acceptors (Lipinski definition) is 3. The molecule has 0 aliphatic heterocycles. The third-order valence-corrected chi connectivity index (χ3v) is 2.93. The quantitative estimate of drug-likeness (QED) is 0.766. The molecule has 0 unspecified atom stereocenters. The Bertz CT molecular complexity index is 397. The number of hydrogen-bond donors (Lipinski definition) is 0. The summed E-state index contributed by atoms with van der Waals surface area (Å²) in [5.74, 6) is 1.94. The predicted octanol–water partition coefficient (Wildman–Crippen LogP) is 3.82. The molecule has 3 nitrogen and oxygen atoms in total. The Hall–Kier alpha value is -0.830. The lowest BCUT2D eigenvalue weighted by atomic mass is 9.93. The minimum atomic E-state index is 0.274. The molecule has 0 aromatic carbocycles. The lowest BCUT2D eigenvalue weighted by Crippen LogP contribution is -2.12. The molecule has 0 spiro atoms. The van der Waals surface area contributed by atoms with Crippen molar-refractivity contribution < 1.29 is 4.74 Å². The average molecular weight is 255 g/mol. The number of halogens is 1. The van der Waals surface area contributed by atoms with Crippen LogP contribution < -0.4 is 4.74 Å². The van der Waals surface area contributed by atoms with Crippen LogP contribution >= 0.6 is 11.6 Å². The first-order valence-electron chi connectivity index (χ1n) is 6.11. The maximum atomic E-state index is 5.96. The number of rotatable bonds is 4. The van der Waals surface area contributed by atoms with E-state index in [1.54, 1.807) is 6.07 Å². The Labute approximate surface area is 108 Å². The summed E-state index contributed by atoms with van der Waals surface area (Å²) in [7, 11) is 0. The molecule has 94 valence electrons. The zero-order valence-electron chi connectivity index (χ0n) is 10.7. The summed E-state index contributed by atoms with van der Waals surface area (Å²) in [5, 5.41) is 0.479. The fraction of sp³-hybridized carbons (Fsp3) is 0.692. The van der Waals surface area contributed by atoms with E-state index in [4.69, 9.17) is 16.3 Å². The van der Waals surface area contributed by atoms with Crippen molar-refractivity contribution in [2.75, 3.05) is 6.61 Å². The van der Waals surface area contributed by atoms with E-state index < -0.39 is 0 Å². The second kappa shape index (κ2) is 4.81. The monoisotopic (exact) mass is 254 g/mol. The van der Waals surface area contributed by atoms with Gasteiger partial charge in [0.15, 0.2) is 0 Å². The molecular formula is C13H19ClN2O. The third kappa shape index (κ3) is 4.15. The lowest BCUT2D eigenvalue weighted by molar-refractivity contribution is 0.235. The first-order valence-corrected chi connectivity index (χ1v) is 6.49. The van der Waals surface area contributed by atoms with Gasteiger partial charge >= 0.3 is 0 Å². The van der Waals surface area contributed by atoms with Crippen molar-refractivity contribution in [1.29, 1.82) is 0 Å². The molecule has 2 rings (SSSR count). The molecule has 0 atom stereocenters. The summed E-state index contributed by atoms with van der Waals surface area (Å²) >= 11 is 5.96. The molecule has 0 saturated heterocycles. The molecule has 1 fully saturated rings. The van der Waals surface area contributed by atoms with Crippen LogP contribution in [0.4, 0.5) is 0 Å². The Morgan fingerprint density at radius 2 is 2.06 bits per heavy atom. The van der Waals surface area contributed by atoms with Crippen molar-refractivity contribution in [2.24, 2.45) is 5.41 Å². The van der Waals surface area contributed by atoms with Gasteiger partial charge in [0.2, 0.25) is 5.88 Å². The van der Waals surface area contributed by atoms with E-state index in [2.05, 4.69) is 30.7 Å². The molecule has 1 aromatic rings. The average Bonchev–Trinajstić information content (AvgIpc) is 2.97. The van der Waals surface area contributed by atoms with Crippen molar-refractivity contribution in [1.82, 2.24) is 9.97 Å². The van der Waals surface area contributed by atoms with Crippen molar-refractivity contribution in [3.05, 3.63) is 17.0 Å². The van der Waals surface area contributed by atoms with Gasteiger partial charge < -0.3 is 4.74 Å². The van der Waals surface area contributed by atoms with Gasteiger partial charge in [-0.25, -0.2) is 4.98 Å². The van der Waals surface area contributed by atoms with Crippen molar-refractivity contribution in [3.63, 3.8) is 0 Å². The van der Waals surface area contributed by atoms with Crippen LogP contribution in [0.1, 0.15) is 51.8 Å². The third-order valence-electron chi connectivity index (χ3n) is 2.73. The molecule has 0 bridgehead atoms. The predicted molar refractivity (Wildman–Crippen MR) is 68.6 cm³/mol. The molecule has 1 aliphatic rings. The van der Waals surface area contributed by atoms with E-state index in [0.29, 0.717) is 23.6 Å². The SMILES string of the molecule is CC(C)(C)CCOc1cc(Cl)nc(C2CC2)n1. The van der Waals surface area contributed by atoms with Crippen LogP contribution in [0.3, 0.4) is 0 Å². The topological polar surface area (TPSA) is 35.0 Å². The molecule has 4 heteroatoms. The molecule has 0 amide bonds. The summed E-state index contributed by atoms with van der Waals surface area (Å²) in [6, 6.07) is 1.69. The fourth-order valence-corrected chi connectivity index (χ4v) is 1.65. The highest BCUT2D eigenvalue weighted by Gasteiger charge is 2.27. The molecular weight excluding hydrogens is 236 g/mol. The van der Waals surface area contributed by atoms with E-state index in [1.165, 1.54) is 12.8 Å². The molecule has 1 heterocycles. The lowest BCUT2D eigenvalue weighted by Gasteiger charge is -2.17. The van der Waals surface area contributed by atoms with E-state index in [-0.39, 0.29) is 5.41 Å². The minimum Gasteiger partial charge on any atom is -0.478 e. The van der Waals surface area contributed by atoms with Gasteiger partial charge in [0.05, 0.1) is 6.61 Å². The van der Waals surface area contributed by atoms with Crippen molar-refractivity contribution in [2.45, 2.75) is 46.0 Å². The number of aromatic nitrogens is 2. The van der Waals surface area contributed by atoms with Gasteiger partial charge in [0.25, 0.3) is 0 Å². The number of ether oxygens (including phenoxy) is 1. The van der Waals surface area contributed by atoms with Gasteiger partial charge in [0, 0.05) is 12.0 Å². The van der Waals surface area contributed by atoms with E-state index in [1.807, 2.05) is 0 Å². The Morgan fingerprint density at radius 3 is 2.65 bits per heavy atom. The van der Waals surface area contributed by atoms with Crippen molar-refractivity contribution >= 4 is 11.6 Å². The molecule has 1 aromatic heterocycles. The molecule has 0 radical (unpaired) electrons. The largest absolute Gasteiger partial charge is 0.478 e. The van der Waals surface area contributed by atoms with Gasteiger partial charge in [-0.05, 0) is 24.7 Å². The van der Waals surface area contributed by atoms with Gasteiger partial charge in [-0.1, -0.05) is 32.4 Å². The Morgan fingerprint density at radius 1 is 1.35 bits per heavy atom. The van der Waals surface area contributed by atoms with E-state index in [0.717, 1.165) is 12.2 Å². The first kappa shape index (κ1) is 12.6. The standard InChI is InChI=1S/C13H19ClN2O/c1-13(2,3)6-7-17-11-8-10(14)15-12(16-11)9-4-5-9/h8-9H,4-7H2,1-3H3. The Kier molecular flexibility index (Phi) is 3.57. The molecule has 17 heavy (non-hydrogen) atoms. The second-order valence-electron chi connectivity index (χ2n) is 5.82. The summed E-state index contributed by atoms with van der Waals surface area (Å²) in [6.07, 6.45) is 3.33. The van der Waals surface area contributed by atoms with Crippen LogP contribution in [-0.4, -0.2) is 16.6 Å². The highest BCUT2D eigenvalue weighted by atomic mass is 35.5. The molecule has 0 N–H and O–H groups in total. The van der Waals surface area contributed by atoms with Crippen LogP contribution in [0.2, 0.25) is 5.15 Å². The van der Waals surface area contributed by atoms with E-state index >= 15 is 0 Å². The normalized spacial score (nSPS) is 16.0. The summed E-state index contributed by atoms with van der Waals surface area (Å²) in [5.41, 5.74) is 0.274. The smallest absolute Gasteiger partial charge is 0.218 e. The van der Waals surface area contributed by atoms with Gasteiger partial charge in [-0.15, -0.1) is 0 Å². The summed E-state index contributed by atoms with van der Waals surface area (Å²) in [6.45, 7) is 7.25. The Balaban J connectivity index is 1.95. The summed E-state index contributed by atoms with van der Waals surface area (Å²) in [4.78, 5) is 8.62. The van der Waals surface area contributed by atoms with Crippen LogP contribution in [0.25, 0.3) is 0 Å². The van der Waals surface area contributed by atoms with Crippen molar-refractivity contribution in [3.8, 4) is 5.88 Å². The second-order valence-corrected chi connectivity index (χ2v) is 6.21. The zero-order chi connectivity index (χ0) is 12.5. The van der Waals surface area contributed by atoms with Crippen LogP contribution in [0.5, 0.6) is 5.88 Å². The van der Waals surface area contributed by atoms with Crippen LogP contribution in [0.15, 0.2) is 6.07 Å². The first-order chi connectivity index (χ1) is 7.94. The minimum absolute atomic E-state index is 0.274. The van der Waals surface area contributed by atoms with Crippen LogP contribution in [0, 0.1) is 5.41 Å². The van der Waals surface area contributed by atoms with Gasteiger partial charge in [0.1, 0.15) is 11.0 Å². The van der Waals surface area contributed by atoms with E-state index in [9.17, 15) is 0 Å². The maximum absolute atomic E-state index is 5.96. The molecule has 1 aliphatic carbocycles. The fourth-order valence-electron chi connectivity index (χ4n) is 1.47. The highest BCUT2D eigenvalue weighted by Crippen LogP contribution is 2.39. The molecule has 1 saturated carbocycles.